The Bertz CT molecular complexity index is 618. The first kappa shape index (κ1) is 14.1. The molecule has 2 aromatic carbocycles. The number of benzene rings is 2. The minimum Gasteiger partial charge on any atom is -0.476 e. The fourth-order valence-corrected chi connectivity index (χ4v) is 1.99. The molecule has 0 radical (unpaired) electrons. The van der Waals surface area contributed by atoms with Crippen molar-refractivity contribution < 1.29 is 9.13 Å². The molecule has 0 aromatic heterocycles. The van der Waals surface area contributed by atoms with E-state index in [2.05, 4.69) is 6.07 Å². The highest BCUT2D eigenvalue weighted by atomic mass is 19.1. The van der Waals surface area contributed by atoms with Gasteiger partial charge in [0, 0.05) is 6.42 Å². The van der Waals surface area contributed by atoms with Crippen LogP contribution >= 0.6 is 0 Å². The van der Waals surface area contributed by atoms with Gasteiger partial charge in [-0.15, -0.1) is 0 Å². The molecule has 0 fully saturated rings. The molecule has 0 aliphatic carbocycles. The summed E-state index contributed by atoms with van der Waals surface area (Å²) in [4.78, 5) is 0. The summed E-state index contributed by atoms with van der Waals surface area (Å²) >= 11 is 0. The van der Waals surface area contributed by atoms with E-state index in [0.29, 0.717) is 18.6 Å². The molecule has 0 amide bonds. The molecule has 102 valence electrons. The first-order valence-electron chi connectivity index (χ1n) is 6.55. The topological polar surface area (TPSA) is 33.0 Å². The van der Waals surface area contributed by atoms with Crippen LogP contribution in [0.5, 0.6) is 5.75 Å². The number of rotatable bonds is 5. The van der Waals surface area contributed by atoms with Crippen LogP contribution in [0.3, 0.4) is 0 Å². The average Bonchev–Trinajstić information content (AvgIpc) is 2.43. The molecule has 0 saturated carbocycles. The minimum atomic E-state index is -0.528. The van der Waals surface area contributed by atoms with Crippen molar-refractivity contribution in [1.29, 1.82) is 5.26 Å². The lowest BCUT2D eigenvalue weighted by Gasteiger charge is -2.12. The van der Waals surface area contributed by atoms with Crippen LogP contribution in [0.2, 0.25) is 0 Å². The Balaban J connectivity index is 1.95. The van der Waals surface area contributed by atoms with Gasteiger partial charge in [0.2, 0.25) is 0 Å². The number of halogens is 1. The SMILES string of the molecule is Cc1cccc(OC(C#N)CCc2cccc(F)c2)c1. The van der Waals surface area contributed by atoms with Crippen LogP contribution in [0.25, 0.3) is 0 Å². The fraction of sp³-hybridized carbons (Fsp3) is 0.235. The van der Waals surface area contributed by atoms with E-state index in [0.717, 1.165) is 11.1 Å². The Kier molecular flexibility index (Phi) is 4.73. The Morgan fingerprint density at radius 3 is 2.70 bits per heavy atom. The van der Waals surface area contributed by atoms with E-state index >= 15 is 0 Å². The fourth-order valence-electron chi connectivity index (χ4n) is 1.99. The molecule has 0 N–H and O–H groups in total. The van der Waals surface area contributed by atoms with Crippen molar-refractivity contribution >= 4 is 0 Å². The molecular formula is C17H16FNO. The third-order valence-electron chi connectivity index (χ3n) is 3.00. The van der Waals surface area contributed by atoms with Gasteiger partial charge < -0.3 is 4.74 Å². The quantitative estimate of drug-likeness (QED) is 0.820. The monoisotopic (exact) mass is 269 g/mol. The molecule has 2 nitrogen and oxygen atoms in total. The zero-order chi connectivity index (χ0) is 14.4. The second kappa shape index (κ2) is 6.72. The van der Waals surface area contributed by atoms with Gasteiger partial charge in [0.05, 0.1) is 0 Å². The number of nitrogens with zero attached hydrogens (tertiary/aromatic N) is 1. The second-order valence-corrected chi connectivity index (χ2v) is 4.72. The molecule has 0 aliphatic heterocycles. The zero-order valence-electron chi connectivity index (χ0n) is 11.3. The summed E-state index contributed by atoms with van der Waals surface area (Å²) in [6, 6.07) is 16.2. The summed E-state index contributed by atoms with van der Waals surface area (Å²) in [5, 5.41) is 9.14. The lowest BCUT2D eigenvalue weighted by molar-refractivity contribution is 0.245. The molecule has 1 atom stereocenters. The van der Waals surface area contributed by atoms with Gasteiger partial charge in [-0.2, -0.15) is 5.26 Å². The molecular weight excluding hydrogens is 253 g/mol. The summed E-state index contributed by atoms with van der Waals surface area (Å²) in [6.07, 6.45) is 0.621. The third-order valence-corrected chi connectivity index (χ3v) is 3.00. The van der Waals surface area contributed by atoms with Crippen LogP contribution in [0, 0.1) is 24.1 Å². The van der Waals surface area contributed by atoms with Crippen LogP contribution < -0.4 is 4.74 Å². The predicted octanol–water partition coefficient (Wildman–Crippen LogP) is 4.04. The molecule has 0 heterocycles. The van der Waals surface area contributed by atoms with E-state index in [1.165, 1.54) is 12.1 Å². The molecule has 0 bridgehead atoms. The van der Waals surface area contributed by atoms with Crippen LogP contribution in [-0.4, -0.2) is 6.10 Å². The number of hydrogen-bond donors (Lipinski definition) is 0. The third kappa shape index (κ3) is 4.10. The smallest absolute Gasteiger partial charge is 0.184 e. The maximum absolute atomic E-state index is 13.1. The second-order valence-electron chi connectivity index (χ2n) is 4.72. The average molecular weight is 269 g/mol. The number of hydrogen-bond acceptors (Lipinski definition) is 2. The Morgan fingerprint density at radius 2 is 2.00 bits per heavy atom. The minimum absolute atomic E-state index is 0.254. The van der Waals surface area contributed by atoms with Crippen molar-refractivity contribution in [2.45, 2.75) is 25.9 Å². The Labute approximate surface area is 118 Å². The highest BCUT2D eigenvalue weighted by Crippen LogP contribution is 2.16. The van der Waals surface area contributed by atoms with Crippen molar-refractivity contribution in [2.75, 3.05) is 0 Å². The van der Waals surface area contributed by atoms with Crippen molar-refractivity contribution in [1.82, 2.24) is 0 Å². The van der Waals surface area contributed by atoms with E-state index in [-0.39, 0.29) is 5.82 Å². The number of ether oxygens (including phenoxy) is 1. The van der Waals surface area contributed by atoms with Crippen LogP contribution in [0.15, 0.2) is 48.5 Å². The van der Waals surface area contributed by atoms with Gasteiger partial charge in [0.1, 0.15) is 17.6 Å². The lowest BCUT2D eigenvalue weighted by Crippen LogP contribution is -2.15. The summed E-state index contributed by atoms with van der Waals surface area (Å²) in [7, 11) is 0. The Morgan fingerprint density at radius 1 is 1.20 bits per heavy atom. The highest BCUT2D eigenvalue weighted by Gasteiger charge is 2.10. The Hall–Kier alpha value is -2.34. The molecule has 0 aliphatic rings. The van der Waals surface area contributed by atoms with E-state index in [1.54, 1.807) is 6.07 Å². The maximum atomic E-state index is 13.1. The lowest BCUT2D eigenvalue weighted by atomic mass is 10.1. The van der Waals surface area contributed by atoms with E-state index in [4.69, 9.17) is 10.00 Å². The van der Waals surface area contributed by atoms with Gasteiger partial charge >= 0.3 is 0 Å². The summed E-state index contributed by atoms with van der Waals surface area (Å²) in [5.74, 6) is 0.436. The summed E-state index contributed by atoms with van der Waals surface area (Å²) < 4.78 is 18.7. The highest BCUT2D eigenvalue weighted by molar-refractivity contribution is 5.28. The van der Waals surface area contributed by atoms with Gasteiger partial charge in [0.25, 0.3) is 0 Å². The van der Waals surface area contributed by atoms with Crippen LogP contribution in [0.1, 0.15) is 17.5 Å². The molecule has 2 aromatic rings. The number of aryl methyl sites for hydroxylation is 2. The molecule has 3 heteroatoms. The van der Waals surface area contributed by atoms with Crippen molar-refractivity contribution in [2.24, 2.45) is 0 Å². The molecule has 1 unspecified atom stereocenters. The summed E-state index contributed by atoms with van der Waals surface area (Å²) in [5.41, 5.74) is 1.96. The van der Waals surface area contributed by atoms with Gasteiger partial charge in [-0.05, 0) is 48.7 Å². The number of nitriles is 1. The van der Waals surface area contributed by atoms with Crippen LogP contribution in [-0.2, 0) is 6.42 Å². The van der Waals surface area contributed by atoms with Crippen molar-refractivity contribution in [3.05, 3.63) is 65.5 Å². The molecule has 20 heavy (non-hydrogen) atoms. The van der Waals surface area contributed by atoms with Crippen LogP contribution in [0.4, 0.5) is 4.39 Å². The first-order chi connectivity index (χ1) is 9.67. The normalized spacial score (nSPS) is 11.7. The predicted molar refractivity (Wildman–Crippen MR) is 75.9 cm³/mol. The van der Waals surface area contributed by atoms with Gasteiger partial charge in [-0.3, -0.25) is 0 Å². The van der Waals surface area contributed by atoms with Gasteiger partial charge in [-0.25, -0.2) is 4.39 Å². The largest absolute Gasteiger partial charge is 0.476 e. The summed E-state index contributed by atoms with van der Waals surface area (Å²) in [6.45, 7) is 1.97. The molecule has 0 spiro atoms. The first-order valence-corrected chi connectivity index (χ1v) is 6.55. The zero-order valence-corrected chi connectivity index (χ0v) is 11.3. The maximum Gasteiger partial charge on any atom is 0.184 e. The van der Waals surface area contributed by atoms with Gasteiger partial charge in [-0.1, -0.05) is 24.3 Å². The van der Waals surface area contributed by atoms with Crippen molar-refractivity contribution in [3.63, 3.8) is 0 Å². The standard InChI is InChI=1S/C17H16FNO/c1-13-4-2-7-16(10-13)20-17(12-19)9-8-14-5-3-6-15(18)11-14/h2-7,10-11,17H,8-9H2,1H3. The molecule has 2 rings (SSSR count). The van der Waals surface area contributed by atoms with E-state index < -0.39 is 6.10 Å². The van der Waals surface area contributed by atoms with E-state index in [1.807, 2.05) is 37.3 Å². The van der Waals surface area contributed by atoms with Crippen molar-refractivity contribution in [3.8, 4) is 11.8 Å². The van der Waals surface area contributed by atoms with E-state index in [9.17, 15) is 4.39 Å². The molecule has 0 saturated heterocycles. The van der Waals surface area contributed by atoms with Gasteiger partial charge in [0.15, 0.2) is 6.10 Å².